The van der Waals surface area contributed by atoms with Crippen LogP contribution in [-0.2, 0) is 27.4 Å². The van der Waals surface area contributed by atoms with Crippen LogP contribution in [0, 0.1) is 6.92 Å². The van der Waals surface area contributed by atoms with Gasteiger partial charge in [-0.15, -0.1) is 0 Å². The standard InChI is InChI=1S/C10H16N2O4S/c1-7-5-8(12(4)11-7)6-17(15,16)10(2,3)9(13)14/h5H,6H2,1-4H3,(H,13,14). The third-order valence-corrected chi connectivity index (χ3v) is 5.13. The lowest BCUT2D eigenvalue weighted by molar-refractivity contribution is -0.139. The molecule has 1 rings (SSSR count). The van der Waals surface area contributed by atoms with Crippen LogP contribution in [0.5, 0.6) is 0 Å². The minimum absolute atomic E-state index is 0.330. The molecule has 7 heteroatoms. The first-order chi connectivity index (χ1) is 7.58. The predicted molar refractivity (Wildman–Crippen MR) is 62.3 cm³/mol. The number of nitrogens with zero attached hydrogens (tertiary/aromatic N) is 2. The highest BCUT2D eigenvalue weighted by atomic mass is 32.2. The Labute approximate surface area is 100 Å². The van der Waals surface area contributed by atoms with E-state index >= 15 is 0 Å². The zero-order valence-corrected chi connectivity index (χ0v) is 11.1. The Morgan fingerprint density at radius 1 is 1.53 bits per heavy atom. The molecule has 0 aromatic carbocycles. The van der Waals surface area contributed by atoms with Gasteiger partial charge in [-0.1, -0.05) is 0 Å². The van der Waals surface area contributed by atoms with E-state index in [9.17, 15) is 13.2 Å². The average molecular weight is 260 g/mol. The topological polar surface area (TPSA) is 89.3 Å². The van der Waals surface area contributed by atoms with Gasteiger partial charge in [0.25, 0.3) is 0 Å². The van der Waals surface area contributed by atoms with E-state index in [0.717, 1.165) is 0 Å². The molecule has 0 aliphatic rings. The smallest absolute Gasteiger partial charge is 0.324 e. The fraction of sp³-hybridized carbons (Fsp3) is 0.600. The van der Waals surface area contributed by atoms with Gasteiger partial charge in [-0.05, 0) is 26.8 Å². The van der Waals surface area contributed by atoms with Crippen molar-refractivity contribution < 1.29 is 18.3 Å². The van der Waals surface area contributed by atoms with E-state index < -0.39 is 20.6 Å². The second kappa shape index (κ2) is 4.14. The number of rotatable bonds is 4. The van der Waals surface area contributed by atoms with Crippen LogP contribution < -0.4 is 0 Å². The molecule has 0 saturated carbocycles. The van der Waals surface area contributed by atoms with Crippen molar-refractivity contribution in [2.75, 3.05) is 0 Å². The molecule has 0 aliphatic carbocycles. The molecule has 1 aromatic rings. The van der Waals surface area contributed by atoms with E-state index in [1.165, 1.54) is 18.5 Å². The highest BCUT2D eigenvalue weighted by Gasteiger charge is 2.42. The molecule has 0 unspecified atom stereocenters. The van der Waals surface area contributed by atoms with E-state index in [0.29, 0.717) is 11.4 Å². The second-order valence-electron chi connectivity index (χ2n) is 4.48. The van der Waals surface area contributed by atoms with Gasteiger partial charge in [-0.3, -0.25) is 9.48 Å². The Balaban J connectivity index is 3.11. The van der Waals surface area contributed by atoms with Gasteiger partial charge < -0.3 is 5.11 Å². The fourth-order valence-electron chi connectivity index (χ4n) is 1.31. The van der Waals surface area contributed by atoms with Crippen LogP contribution in [0.1, 0.15) is 25.2 Å². The lowest BCUT2D eigenvalue weighted by Crippen LogP contribution is -2.41. The molecule has 1 N–H and O–H groups in total. The van der Waals surface area contributed by atoms with Gasteiger partial charge in [0.15, 0.2) is 14.6 Å². The Morgan fingerprint density at radius 2 is 2.06 bits per heavy atom. The van der Waals surface area contributed by atoms with Gasteiger partial charge in [-0.2, -0.15) is 5.10 Å². The third-order valence-electron chi connectivity index (χ3n) is 2.73. The van der Waals surface area contributed by atoms with Gasteiger partial charge in [-0.25, -0.2) is 8.42 Å². The summed E-state index contributed by atoms with van der Waals surface area (Å²) in [6.45, 7) is 4.13. The SMILES string of the molecule is Cc1cc(CS(=O)(=O)C(C)(C)C(=O)O)n(C)n1. The second-order valence-corrected chi connectivity index (χ2v) is 7.01. The first-order valence-corrected chi connectivity index (χ1v) is 6.68. The monoisotopic (exact) mass is 260 g/mol. The lowest BCUT2D eigenvalue weighted by atomic mass is 10.2. The average Bonchev–Trinajstić information content (AvgIpc) is 2.43. The van der Waals surface area contributed by atoms with Gasteiger partial charge in [0.2, 0.25) is 0 Å². The van der Waals surface area contributed by atoms with E-state index in [1.54, 1.807) is 20.0 Å². The molecule has 0 bridgehead atoms. The van der Waals surface area contributed by atoms with Crippen molar-refractivity contribution in [3.8, 4) is 0 Å². The van der Waals surface area contributed by atoms with Crippen molar-refractivity contribution in [2.45, 2.75) is 31.3 Å². The minimum atomic E-state index is -3.78. The van der Waals surface area contributed by atoms with Crippen molar-refractivity contribution in [3.63, 3.8) is 0 Å². The number of hydrogen-bond donors (Lipinski definition) is 1. The molecule has 1 aromatic heterocycles. The van der Waals surface area contributed by atoms with E-state index in [-0.39, 0.29) is 5.75 Å². The molecule has 0 fully saturated rings. The van der Waals surface area contributed by atoms with Gasteiger partial charge in [0, 0.05) is 7.05 Å². The molecule has 6 nitrogen and oxygen atoms in total. The van der Waals surface area contributed by atoms with Crippen molar-refractivity contribution in [2.24, 2.45) is 7.05 Å². The van der Waals surface area contributed by atoms with E-state index in [1.807, 2.05) is 0 Å². The highest BCUT2D eigenvalue weighted by molar-refractivity contribution is 7.92. The van der Waals surface area contributed by atoms with Crippen molar-refractivity contribution in [1.29, 1.82) is 0 Å². The third kappa shape index (κ3) is 2.49. The summed E-state index contributed by atoms with van der Waals surface area (Å²) in [5.41, 5.74) is 1.18. The van der Waals surface area contributed by atoms with Crippen molar-refractivity contribution >= 4 is 15.8 Å². The van der Waals surface area contributed by atoms with Crippen LogP contribution in [0.15, 0.2) is 6.07 Å². The highest BCUT2D eigenvalue weighted by Crippen LogP contribution is 2.21. The first-order valence-electron chi connectivity index (χ1n) is 5.03. The number of hydrogen-bond acceptors (Lipinski definition) is 4. The summed E-state index contributed by atoms with van der Waals surface area (Å²) in [4.78, 5) is 10.9. The summed E-state index contributed by atoms with van der Waals surface area (Å²) in [6.07, 6.45) is 0. The van der Waals surface area contributed by atoms with Gasteiger partial charge >= 0.3 is 5.97 Å². The maximum absolute atomic E-state index is 12.0. The summed E-state index contributed by atoms with van der Waals surface area (Å²) in [7, 11) is -2.15. The first kappa shape index (κ1) is 13.7. The van der Waals surface area contributed by atoms with Gasteiger partial charge in [0.1, 0.15) is 0 Å². The van der Waals surface area contributed by atoms with Gasteiger partial charge in [0.05, 0.1) is 17.1 Å². The number of aromatic nitrogens is 2. The molecule has 96 valence electrons. The normalized spacial score (nSPS) is 12.7. The van der Waals surface area contributed by atoms with Crippen LogP contribution in [0.25, 0.3) is 0 Å². The summed E-state index contributed by atoms with van der Waals surface area (Å²) in [6, 6.07) is 1.63. The quantitative estimate of drug-likeness (QED) is 0.851. The summed E-state index contributed by atoms with van der Waals surface area (Å²) in [5.74, 6) is -1.68. The minimum Gasteiger partial charge on any atom is -0.480 e. The zero-order chi connectivity index (χ0) is 13.4. The molecule has 0 saturated heterocycles. The van der Waals surface area contributed by atoms with E-state index in [2.05, 4.69) is 5.10 Å². The van der Waals surface area contributed by atoms with Crippen LogP contribution in [0.2, 0.25) is 0 Å². The molecule has 0 radical (unpaired) electrons. The van der Waals surface area contributed by atoms with Crippen LogP contribution in [0.3, 0.4) is 0 Å². The Bertz CT molecular complexity index is 543. The number of aryl methyl sites for hydroxylation is 2. The lowest BCUT2D eigenvalue weighted by Gasteiger charge is -2.19. The maximum Gasteiger partial charge on any atom is 0.324 e. The van der Waals surface area contributed by atoms with Crippen LogP contribution >= 0.6 is 0 Å². The molecule has 1 heterocycles. The predicted octanol–water partition coefficient (Wildman–Crippen LogP) is 0.507. The number of aliphatic carboxylic acids is 1. The van der Waals surface area contributed by atoms with E-state index in [4.69, 9.17) is 5.11 Å². The van der Waals surface area contributed by atoms with Crippen LogP contribution in [0.4, 0.5) is 0 Å². The van der Waals surface area contributed by atoms with Crippen molar-refractivity contribution in [3.05, 3.63) is 17.5 Å². The Morgan fingerprint density at radius 3 is 2.41 bits per heavy atom. The molecular formula is C10H16N2O4S. The largest absolute Gasteiger partial charge is 0.480 e. The molecule has 0 atom stereocenters. The zero-order valence-electron chi connectivity index (χ0n) is 10.3. The Hall–Kier alpha value is -1.37. The fourth-order valence-corrected chi connectivity index (χ4v) is 2.59. The molecular weight excluding hydrogens is 244 g/mol. The maximum atomic E-state index is 12.0. The number of carboxylic acids is 1. The molecule has 0 amide bonds. The summed E-state index contributed by atoms with van der Waals surface area (Å²) >= 11 is 0. The number of sulfone groups is 1. The summed E-state index contributed by atoms with van der Waals surface area (Å²) < 4.78 is 23.7. The molecule has 0 spiro atoms. The van der Waals surface area contributed by atoms with Crippen LogP contribution in [-0.4, -0.2) is 34.0 Å². The number of carbonyl (C=O) groups is 1. The molecule has 0 aliphatic heterocycles. The Kier molecular flexibility index (Phi) is 3.33. The van der Waals surface area contributed by atoms with Crippen molar-refractivity contribution in [1.82, 2.24) is 9.78 Å². The number of carboxylic acid groups (broad SMARTS) is 1. The summed E-state index contributed by atoms with van der Waals surface area (Å²) in [5, 5.41) is 13.0. The molecule has 17 heavy (non-hydrogen) atoms.